The number of nitrogens with zero attached hydrogens (tertiary/aromatic N) is 2. The van der Waals surface area contributed by atoms with Gasteiger partial charge in [-0.1, -0.05) is 23.7 Å². The number of fused-ring (bicyclic) bond motifs is 3. The Hall–Kier alpha value is -2.06. The zero-order valence-corrected chi connectivity index (χ0v) is 16.9. The molecule has 0 aliphatic carbocycles. The van der Waals surface area contributed by atoms with Gasteiger partial charge in [-0.05, 0) is 66.8 Å². The molecule has 3 aromatic rings. The lowest BCUT2D eigenvalue weighted by molar-refractivity contribution is 0.0664. The molecule has 1 N–H and O–H groups in total. The molecular formula is C19H14ClIN2O3. The Morgan fingerprint density at radius 2 is 2.00 bits per heavy atom. The molecule has 5 nitrogen and oxygen atoms in total. The van der Waals surface area contributed by atoms with E-state index in [9.17, 15) is 9.90 Å². The minimum absolute atomic E-state index is 0.0332. The molecule has 0 atom stereocenters. The number of carboxylic acids is 1. The maximum Gasteiger partial charge on any atom is 0.356 e. The summed E-state index contributed by atoms with van der Waals surface area (Å²) in [5.41, 5.74) is 1.77. The van der Waals surface area contributed by atoms with Crippen LogP contribution in [-0.4, -0.2) is 20.9 Å². The van der Waals surface area contributed by atoms with Crippen LogP contribution in [0.1, 0.15) is 29.9 Å². The van der Waals surface area contributed by atoms with Gasteiger partial charge in [-0.15, -0.1) is 0 Å². The SMILES string of the molecule is CC1(C)Oc2cc(I)ccc2-c2c1c(C(=O)O)nn2-c1ccccc1Cl. The van der Waals surface area contributed by atoms with E-state index in [4.69, 9.17) is 16.3 Å². The second-order valence-corrected chi connectivity index (χ2v) is 8.15. The summed E-state index contributed by atoms with van der Waals surface area (Å²) < 4.78 is 8.78. The summed E-state index contributed by atoms with van der Waals surface area (Å²) in [4.78, 5) is 11.9. The molecule has 0 bridgehead atoms. The molecule has 0 unspecified atom stereocenters. The average molecular weight is 481 g/mol. The number of para-hydroxylation sites is 1. The van der Waals surface area contributed by atoms with E-state index in [1.807, 2.05) is 50.2 Å². The number of carbonyl (C=O) groups is 1. The summed E-state index contributed by atoms with van der Waals surface area (Å²) in [6.45, 7) is 3.69. The molecule has 0 amide bonds. The fourth-order valence-corrected chi connectivity index (χ4v) is 3.97. The van der Waals surface area contributed by atoms with Gasteiger partial charge in [0.25, 0.3) is 0 Å². The van der Waals surface area contributed by atoms with Gasteiger partial charge in [-0.25, -0.2) is 9.48 Å². The molecule has 0 saturated carbocycles. The van der Waals surface area contributed by atoms with Crippen molar-refractivity contribution >= 4 is 40.2 Å². The van der Waals surface area contributed by atoms with Gasteiger partial charge >= 0.3 is 5.97 Å². The Morgan fingerprint density at radius 3 is 2.69 bits per heavy atom. The fraction of sp³-hybridized carbons (Fsp3) is 0.158. The highest BCUT2D eigenvalue weighted by Gasteiger charge is 2.41. The Kier molecular flexibility index (Phi) is 4.00. The first kappa shape index (κ1) is 17.4. The van der Waals surface area contributed by atoms with Crippen molar-refractivity contribution in [3.05, 3.63) is 62.3 Å². The van der Waals surface area contributed by atoms with Crippen LogP contribution in [0, 0.1) is 3.57 Å². The molecule has 1 aromatic heterocycles. The van der Waals surface area contributed by atoms with E-state index in [-0.39, 0.29) is 5.69 Å². The summed E-state index contributed by atoms with van der Waals surface area (Å²) in [6.07, 6.45) is 0. The largest absolute Gasteiger partial charge is 0.482 e. The van der Waals surface area contributed by atoms with Crippen molar-refractivity contribution in [2.24, 2.45) is 0 Å². The third-order valence-electron chi connectivity index (χ3n) is 4.33. The lowest BCUT2D eigenvalue weighted by Gasteiger charge is -2.33. The van der Waals surface area contributed by atoms with Crippen molar-refractivity contribution < 1.29 is 14.6 Å². The first-order valence-electron chi connectivity index (χ1n) is 7.90. The van der Waals surface area contributed by atoms with Crippen molar-refractivity contribution in [1.29, 1.82) is 0 Å². The summed E-state index contributed by atoms with van der Waals surface area (Å²) >= 11 is 8.59. The highest BCUT2D eigenvalue weighted by Crippen LogP contribution is 2.48. The van der Waals surface area contributed by atoms with E-state index in [1.54, 1.807) is 10.7 Å². The van der Waals surface area contributed by atoms with E-state index in [0.717, 1.165) is 9.13 Å². The Bertz CT molecular complexity index is 1060. The maximum absolute atomic E-state index is 11.9. The van der Waals surface area contributed by atoms with Crippen molar-refractivity contribution in [1.82, 2.24) is 9.78 Å². The highest BCUT2D eigenvalue weighted by atomic mass is 127. The molecule has 1 aliphatic rings. The first-order chi connectivity index (χ1) is 12.3. The van der Waals surface area contributed by atoms with Gasteiger partial charge in [-0.3, -0.25) is 0 Å². The standard InChI is InChI=1S/C19H14ClIN2O3/c1-19(2)15-16(18(24)25)22-23(13-6-4-3-5-12(13)20)17(15)11-8-7-10(21)9-14(11)26-19/h3-9H,1-2H3,(H,24,25). The Balaban J connectivity index is 2.13. The van der Waals surface area contributed by atoms with Gasteiger partial charge in [0.05, 0.1) is 22.0 Å². The molecule has 26 heavy (non-hydrogen) atoms. The highest BCUT2D eigenvalue weighted by molar-refractivity contribution is 14.1. The predicted molar refractivity (Wildman–Crippen MR) is 107 cm³/mol. The van der Waals surface area contributed by atoms with Crippen LogP contribution in [-0.2, 0) is 5.60 Å². The second-order valence-electron chi connectivity index (χ2n) is 6.49. The fourth-order valence-electron chi connectivity index (χ4n) is 3.29. The molecule has 7 heteroatoms. The number of benzene rings is 2. The minimum Gasteiger partial charge on any atom is -0.482 e. The zero-order valence-electron chi connectivity index (χ0n) is 14.0. The first-order valence-corrected chi connectivity index (χ1v) is 9.36. The Morgan fingerprint density at radius 1 is 1.27 bits per heavy atom. The van der Waals surface area contributed by atoms with Crippen molar-refractivity contribution in [3.8, 4) is 22.7 Å². The molecule has 0 saturated heterocycles. The number of hydrogen-bond donors (Lipinski definition) is 1. The van der Waals surface area contributed by atoms with Crippen LogP contribution in [0.3, 0.4) is 0 Å². The van der Waals surface area contributed by atoms with Gasteiger partial charge < -0.3 is 9.84 Å². The number of ether oxygens (including phenoxy) is 1. The molecule has 1 aliphatic heterocycles. The maximum atomic E-state index is 11.9. The lowest BCUT2D eigenvalue weighted by Crippen LogP contribution is -2.31. The van der Waals surface area contributed by atoms with E-state index < -0.39 is 11.6 Å². The van der Waals surface area contributed by atoms with E-state index in [1.165, 1.54) is 0 Å². The van der Waals surface area contributed by atoms with Crippen LogP contribution in [0.25, 0.3) is 16.9 Å². The van der Waals surface area contributed by atoms with Crippen LogP contribution >= 0.6 is 34.2 Å². The molecule has 0 radical (unpaired) electrons. The lowest BCUT2D eigenvalue weighted by atomic mass is 9.89. The predicted octanol–water partition coefficient (Wildman–Crippen LogP) is 5.12. The number of halogens is 2. The minimum atomic E-state index is -1.10. The van der Waals surface area contributed by atoms with Crippen LogP contribution < -0.4 is 4.74 Å². The molecule has 0 spiro atoms. The van der Waals surface area contributed by atoms with Crippen molar-refractivity contribution in [2.75, 3.05) is 0 Å². The van der Waals surface area contributed by atoms with Crippen molar-refractivity contribution in [2.45, 2.75) is 19.4 Å². The summed E-state index contributed by atoms with van der Waals surface area (Å²) in [5, 5.41) is 14.6. The van der Waals surface area contributed by atoms with Crippen molar-refractivity contribution in [3.63, 3.8) is 0 Å². The van der Waals surface area contributed by atoms with E-state index >= 15 is 0 Å². The van der Waals surface area contributed by atoms with Crippen LogP contribution in [0.5, 0.6) is 5.75 Å². The molecule has 2 aromatic carbocycles. The third-order valence-corrected chi connectivity index (χ3v) is 5.33. The Labute approximate surface area is 168 Å². The monoisotopic (exact) mass is 480 g/mol. The third kappa shape index (κ3) is 2.59. The second kappa shape index (κ2) is 5.99. The van der Waals surface area contributed by atoms with Gasteiger partial charge in [-0.2, -0.15) is 5.10 Å². The molecule has 4 rings (SSSR count). The number of hydrogen-bond acceptors (Lipinski definition) is 3. The van der Waals surface area contributed by atoms with E-state index in [2.05, 4.69) is 27.7 Å². The molecule has 2 heterocycles. The van der Waals surface area contributed by atoms with Gasteiger partial charge in [0.15, 0.2) is 5.69 Å². The normalized spacial score (nSPS) is 14.3. The molecular weight excluding hydrogens is 467 g/mol. The van der Waals surface area contributed by atoms with Crippen LogP contribution in [0.2, 0.25) is 5.02 Å². The summed E-state index contributed by atoms with van der Waals surface area (Å²) in [5.74, 6) is -0.405. The smallest absolute Gasteiger partial charge is 0.356 e. The molecule has 132 valence electrons. The summed E-state index contributed by atoms with van der Waals surface area (Å²) in [7, 11) is 0. The average Bonchev–Trinajstić information content (AvgIpc) is 2.96. The van der Waals surface area contributed by atoms with E-state index in [0.29, 0.717) is 27.7 Å². The summed E-state index contributed by atoms with van der Waals surface area (Å²) in [6, 6.07) is 13.0. The zero-order chi connectivity index (χ0) is 18.6. The number of aromatic carboxylic acids is 1. The number of rotatable bonds is 2. The number of aromatic nitrogens is 2. The van der Waals surface area contributed by atoms with Crippen LogP contribution in [0.15, 0.2) is 42.5 Å². The topological polar surface area (TPSA) is 64.3 Å². The number of carboxylic acid groups (broad SMARTS) is 1. The van der Waals surface area contributed by atoms with Gasteiger partial charge in [0.2, 0.25) is 0 Å². The molecule has 0 fully saturated rings. The van der Waals surface area contributed by atoms with Gasteiger partial charge in [0.1, 0.15) is 11.4 Å². The quantitative estimate of drug-likeness (QED) is 0.517. The van der Waals surface area contributed by atoms with Crippen LogP contribution in [0.4, 0.5) is 0 Å². The van der Waals surface area contributed by atoms with Gasteiger partial charge in [0, 0.05) is 9.13 Å².